The van der Waals surface area contributed by atoms with Crippen LogP contribution in [0.3, 0.4) is 0 Å². The lowest BCUT2D eigenvalue weighted by Gasteiger charge is -2.07. The Hall–Kier alpha value is -0.620. The third kappa shape index (κ3) is 3.31. The first-order chi connectivity index (χ1) is 6.03. The summed E-state index contributed by atoms with van der Waals surface area (Å²) in [5, 5.41) is 0. The van der Waals surface area contributed by atoms with Crippen LogP contribution in [-0.2, 0) is 9.92 Å². The lowest BCUT2D eigenvalue weighted by molar-refractivity contribution is 0.679. The minimum absolute atomic E-state index is 0.265. The molecule has 13 heavy (non-hydrogen) atoms. The summed E-state index contributed by atoms with van der Waals surface area (Å²) in [6, 6.07) is 3.45. The number of nitrogens with one attached hydrogen (secondary N) is 2. The first kappa shape index (κ1) is 10.5. The van der Waals surface area contributed by atoms with Crippen LogP contribution in [0.5, 0.6) is 0 Å². The van der Waals surface area contributed by atoms with Crippen molar-refractivity contribution in [1.82, 2.24) is 4.98 Å². The Kier molecular flexibility index (Phi) is 3.27. The molecule has 1 heterocycles. The Bertz CT molecular complexity index is 390. The second-order valence-electron chi connectivity index (χ2n) is 2.43. The Morgan fingerprint density at radius 3 is 3.00 bits per heavy atom. The van der Waals surface area contributed by atoms with E-state index in [1.807, 2.05) is 0 Å². The highest BCUT2D eigenvalue weighted by atomic mass is 79.9. The van der Waals surface area contributed by atoms with Crippen LogP contribution in [0.1, 0.15) is 6.92 Å². The lowest BCUT2D eigenvalue weighted by Crippen LogP contribution is -2.13. The number of hydrogen-bond donors (Lipinski definition) is 2. The van der Waals surface area contributed by atoms with Crippen LogP contribution in [0.15, 0.2) is 22.8 Å². The van der Waals surface area contributed by atoms with E-state index in [1.54, 1.807) is 25.3 Å². The molecule has 0 saturated carbocycles. The molecule has 0 spiro atoms. The molecule has 0 aliphatic carbocycles. The van der Waals surface area contributed by atoms with Gasteiger partial charge in [0.05, 0.1) is 0 Å². The van der Waals surface area contributed by atoms with Crippen molar-refractivity contribution in [1.29, 1.82) is 4.78 Å². The van der Waals surface area contributed by atoms with Gasteiger partial charge in [-0.25, -0.2) is 14.0 Å². The first-order valence-corrected chi connectivity index (χ1v) is 6.21. The van der Waals surface area contributed by atoms with E-state index in [1.165, 1.54) is 0 Å². The standard InChI is InChI=1S/C7H10BrN3OS/c1-2-13(9,12)11-7-5-6(8)3-4-10-7/h3-5H,2H2,1H3,(H2,9,10,11,12). The van der Waals surface area contributed by atoms with Crippen LogP contribution < -0.4 is 4.72 Å². The van der Waals surface area contributed by atoms with E-state index in [2.05, 4.69) is 25.6 Å². The van der Waals surface area contributed by atoms with Crippen molar-refractivity contribution in [3.8, 4) is 0 Å². The second-order valence-corrected chi connectivity index (χ2v) is 5.47. The van der Waals surface area contributed by atoms with Gasteiger partial charge in [-0.2, -0.15) is 0 Å². The Morgan fingerprint density at radius 2 is 2.46 bits per heavy atom. The van der Waals surface area contributed by atoms with Crippen LogP contribution >= 0.6 is 15.9 Å². The van der Waals surface area contributed by atoms with Gasteiger partial charge in [0.15, 0.2) is 0 Å². The van der Waals surface area contributed by atoms with E-state index < -0.39 is 9.92 Å². The van der Waals surface area contributed by atoms with Gasteiger partial charge in [-0.15, -0.1) is 0 Å². The maximum absolute atomic E-state index is 11.3. The third-order valence-corrected chi connectivity index (χ3v) is 3.24. The van der Waals surface area contributed by atoms with Crippen molar-refractivity contribution >= 4 is 31.7 Å². The zero-order valence-electron chi connectivity index (χ0n) is 7.08. The molecule has 0 saturated heterocycles. The molecule has 2 N–H and O–H groups in total. The topological polar surface area (TPSA) is 65.8 Å². The second kappa shape index (κ2) is 4.06. The number of aromatic nitrogens is 1. The zero-order chi connectivity index (χ0) is 9.90. The SMILES string of the molecule is CCS(=N)(=O)Nc1cc(Br)ccn1. The van der Waals surface area contributed by atoms with Crippen molar-refractivity contribution in [3.63, 3.8) is 0 Å². The van der Waals surface area contributed by atoms with Gasteiger partial charge >= 0.3 is 0 Å². The monoisotopic (exact) mass is 263 g/mol. The average molecular weight is 264 g/mol. The maximum Gasteiger partial charge on any atom is 0.139 e. The summed E-state index contributed by atoms with van der Waals surface area (Å²) >= 11 is 3.26. The molecule has 0 aliphatic heterocycles. The van der Waals surface area contributed by atoms with E-state index in [9.17, 15) is 4.21 Å². The number of pyridine rings is 1. The van der Waals surface area contributed by atoms with Crippen molar-refractivity contribution in [2.45, 2.75) is 6.92 Å². The van der Waals surface area contributed by atoms with Gasteiger partial charge in [-0.05, 0) is 12.1 Å². The van der Waals surface area contributed by atoms with Crippen LogP contribution in [0.25, 0.3) is 0 Å². The van der Waals surface area contributed by atoms with Gasteiger partial charge in [-0.1, -0.05) is 22.9 Å². The van der Waals surface area contributed by atoms with Crippen LogP contribution in [-0.4, -0.2) is 14.9 Å². The largest absolute Gasteiger partial charge is 0.283 e. The minimum Gasteiger partial charge on any atom is -0.283 e. The van der Waals surface area contributed by atoms with Gasteiger partial charge < -0.3 is 0 Å². The molecular formula is C7H10BrN3OS. The fourth-order valence-corrected chi connectivity index (χ4v) is 1.63. The van der Waals surface area contributed by atoms with Gasteiger partial charge in [0, 0.05) is 16.4 Å². The van der Waals surface area contributed by atoms with Crippen LogP contribution in [0, 0.1) is 4.78 Å². The molecule has 0 aliphatic rings. The summed E-state index contributed by atoms with van der Waals surface area (Å²) in [7, 11) is -2.72. The normalized spacial score (nSPS) is 14.9. The number of hydrogen-bond acceptors (Lipinski definition) is 3. The van der Waals surface area contributed by atoms with Crippen molar-refractivity contribution in [3.05, 3.63) is 22.8 Å². The molecule has 4 nitrogen and oxygen atoms in total. The maximum atomic E-state index is 11.3. The summed E-state index contributed by atoms with van der Waals surface area (Å²) in [6.07, 6.45) is 1.58. The molecule has 1 rings (SSSR count). The molecule has 6 heteroatoms. The number of anilines is 1. The lowest BCUT2D eigenvalue weighted by atomic mass is 10.5. The van der Waals surface area contributed by atoms with E-state index in [4.69, 9.17) is 4.78 Å². The molecular weight excluding hydrogens is 254 g/mol. The molecule has 1 aromatic heterocycles. The molecule has 0 aromatic carbocycles. The van der Waals surface area contributed by atoms with E-state index in [0.717, 1.165) is 4.47 Å². The van der Waals surface area contributed by atoms with E-state index in [0.29, 0.717) is 5.82 Å². The smallest absolute Gasteiger partial charge is 0.139 e. The third-order valence-electron chi connectivity index (χ3n) is 1.40. The fraction of sp³-hybridized carbons (Fsp3) is 0.286. The van der Waals surface area contributed by atoms with Crippen LogP contribution in [0.2, 0.25) is 0 Å². The Labute approximate surface area is 86.0 Å². The van der Waals surface area contributed by atoms with Gasteiger partial charge in [0.2, 0.25) is 0 Å². The van der Waals surface area contributed by atoms with E-state index >= 15 is 0 Å². The summed E-state index contributed by atoms with van der Waals surface area (Å²) < 4.78 is 22.1. The molecule has 1 unspecified atom stereocenters. The predicted molar refractivity (Wildman–Crippen MR) is 57.0 cm³/mol. The highest BCUT2D eigenvalue weighted by molar-refractivity contribution is 9.10. The van der Waals surface area contributed by atoms with Gasteiger partial charge in [-0.3, -0.25) is 4.72 Å². The number of nitrogens with zero attached hydrogens (tertiary/aromatic N) is 1. The highest BCUT2D eigenvalue weighted by Crippen LogP contribution is 2.13. The molecule has 1 aromatic rings. The summed E-state index contributed by atoms with van der Waals surface area (Å²) in [4.78, 5) is 3.93. The van der Waals surface area contributed by atoms with Crippen LogP contribution in [0.4, 0.5) is 5.82 Å². The molecule has 72 valence electrons. The first-order valence-electron chi connectivity index (χ1n) is 3.69. The molecule has 0 radical (unpaired) electrons. The van der Waals surface area contributed by atoms with E-state index in [-0.39, 0.29) is 5.75 Å². The van der Waals surface area contributed by atoms with Gasteiger partial charge in [0.1, 0.15) is 15.7 Å². The fourth-order valence-electron chi connectivity index (χ4n) is 0.702. The highest BCUT2D eigenvalue weighted by Gasteiger charge is 2.03. The van der Waals surface area contributed by atoms with Crippen molar-refractivity contribution in [2.24, 2.45) is 0 Å². The van der Waals surface area contributed by atoms with Crippen molar-refractivity contribution in [2.75, 3.05) is 10.5 Å². The molecule has 0 amide bonds. The van der Waals surface area contributed by atoms with Crippen molar-refractivity contribution < 1.29 is 4.21 Å². The molecule has 0 fully saturated rings. The molecule has 0 bridgehead atoms. The summed E-state index contributed by atoms with van der Waals surface area (Å²) in [5.74, 6) is 0.720. The Morgan fingerprint density at radius 1 is 1.77 bits per heavy atom. The number of rotatable bonds is 3. The zero-order valence-corrected chi connectivity index (χ0v) is 9.48. The number of halogens is 1. The summed E-state index contributed by atoms with van der Waals surface area (Å²) in [6.45, 7) is 1.69. The summed E-state index contributed by atoms with van der Waals surface area (Å²) in [5.41, 5.74) is 0. The Balaban J connectivity index is 2.87. The predicted octanol–water partition coefficient (Wildman–Crippen LogP) is 2.24. The average Bonchev–Trinajstić information content (AvgIpc) is 2.03. The molecule has 1 atom stereocenters. The quantitative estimate of drug-likeness (QED) is 0.879. The minimum atomic E-state index is -2.72. The van der Waals surface area contributed by atoms with Gasteiger partial charge in [0.25, 0.3) is 0 Å².